The highest BCUT2D eigenvalue weighted by atomic mass is 32.2. The van der Waals surface area contributed by atoms with Crippen LogP contribution in [0.4, 0.5) is 0 Å². The first-order chi connectivity index (χ1) is 7.17. The highest BCUT2D eigenvalue weighted by molar-refractivity contribution is 7.99. The monoisotopic (exact) mass is 219 g/mol. The van der Waals surface area contributed by atoms with Gasteiger partial charge in [0.05, 0.1) is 5.56 Å². The molecule has 0 radical (unpaired) electrons. The van der Waals surface area contributed by atoms with Crippen molar-refractivity contribution in [2.24, 2.45) is 5.92 Å². The van der Waals surface area contributed by atoms with Crippen LogP contribution in [-0.4, -0.2) is 5.75 Å². The van der Waals surface area contributed by atoms with Crippen molar-refractivity contribution in [3.8, 4) is 6.07 Å². The van der Waals surface area contributed by atoms with Gasteiger partial charge in [-0.05, 0) is 30.5 Å². The zero-order valence-electron chi connectivity index (χ0n) is 9.58. The molecule has 0 fully saturated rings. The van der Waals surface area contributed by atoms with Crippen LogP contribution in [-0.2, 0) is 0 Å². The molecule has 0 amide bonds. The van der Waals surface area contributed by atoms with E-state index in [0.29, 0.717) is 5.92 Å². The van der Waals surface area contributed by atoms with Crippen LogP contribution >= 0.6 is 11.8 Å². The highest BCUT2D eigenvalue weighted by Gasteiger charge is 2.05. The molecule has 0 saturated carbocycles. The molecule has 1 aromatic carbocycles. The summed E-state index contributed by atoms with van der Waals surface area (Å²) < 4.78 is 0. The number of aryl methyl sites for hydroxylation is 1. The van der Waals surface area contributed by atoms with E-state index in [0.717, 1.165) is 21.8 Å². The second kappa shape index (κ2) is 5.82. The third-order valence-electron chi connectivity index (χ3n) is 2.48. The van der Waals surface area contributed by atoms with Crippen molar-refractivity contribution in [2.75, 3.05) is 5.75 Å². The molecular formula is C13H17NS. The average Bonchev–Trinajstić information content (AvgIpc) is 2.26. The first kappa shape index (κ1) is 12.1. The van der Waals surface area contributed by atoms with E-state index in [2.05, 4.69) is 32.0 Å². The SMILES string of the molecule is CCC(C)CSc1ccc(C)cc1C#N. The number of benzene rings is 1. The van der Waals surface area contributed by atoms with Crippen LogP contribution in [0, 0.1) is 24.2 Å². The lowest BCUT2D eigenvalue weighted by atomic mass is 10.1. The molecule has 2 heteroatoms. The fraction of sp³-hybridized carbons (Fsp3) is 0.462. The summed E-state index contributed by atoms with van der Waals surface area (Å²) in [5.74, 6) is 1.80. The Kier molecular flexibility index (Phi) is 4.71. The number of thioether (sulfide) groups is 1. The summed E-state index contributed by atoms with van der Waals surface area (Å²) in [6.07, 6.45) is 1.20. The van der Waals surface area contributed by atoms with Crippen LogP contribution in [0.15, 0.2) is 23.1 Å². The van der Waals surface area contributed by atoms with Crippen molar-refractivity contribution in [3.63, 3.8) is 0 Å². The van der Waals surface area contributed by atoms with Crippen molar-refractivity contribution >= 4 is 11.8 Å². The first-order valence-corrected chi connectivity index (χ1v) is 6.29. The van der Waals surface area contributed by atoms with Gasteiger partial charge in [-0.15, -0.1) is 11.8 Å². The number of nitrogens with zero attached hydrogens (tertiary/aromatic N) is 1. The number of rotatable bonds is 4. The molecule has 0 aliphatic carbocycles. The number of hydrogen-bond donors (Lipinski definition) is 0. The van der Waals surface area contributed by atoms with Crippen molar-refractivity contribution in [1.29, 1.82) is 5.26 Å². The van der Waals surface area contributed by atoms with Gasteiger partial charge in [-0.25, -0.2) is 0 Å². The van der Waals surface area contributed by atoms with Gasteiger partial charge in [-0.3, -0.25) is 0 Å². The molecule has 0 aliphatic heterocycles. The van der Waals surface area contributed by atoms with Crippen molar-refractivity contribution < 1.29 is 0 Å². The lowest BCUT2D eigenvalue weighted by molar-refractivity contribution is 0.637. The molecule has 0 aromatic heterocycles. The summed E-state index contributed by atoms with van der Waals surface area (Å²) in [7, 11) is 0. The third kappa shape index (κ3) is 3.60. The van der Waals surface area contributed by atoms with E-state index in [4.69, 9.17) is 5.26 Å². The van der Waals surface area contributed by atoms with Crippen molar-refractivity contribution in [1.82, 2.24) is 0 Å². The fourth-order valence-electron chi connectivity index (χ4n) is 1.21. The van der Waals surface area contributed by atoms with Gasteiger partial charge in [0.15, 0.2) is 0 Å². The Labute approximate surface area is 96.5 Å². The Morgan fingerprint density at radius 3 is 2.80 bits per heavy atom. The van der Waals surface area contributed by atoms with Crippen LogP contribution in [0.2, 0.25) is 0 Å². The zero-order chi connectivity index (χ0) is 11.3. The molecule has 1 aromatic rings. The van der Waals surface area contributed by atoms with Gasteiger partial charge in [0.25, 0.3) is 0 Å². The normalized spacial score (nSPS) is 12.1. The summed E-state index contributed by atoms with van der Waals surface area (Å²) in [6, 6.07) is 8.34. The molecule has 80 valence electrons. The number of hydrogen-bond acceptors (Lipinski definition) is 2. The minimum atomic E-state index is 0.711. The third-order valence-corrected chi connectivity index (χ3v) is 3.88. The molecule has 0 N–H and O–H groups in total. The Morgan fingerprint density at radius 1 is 1.47 bits per heavy atom. The van der Waals surface area contributed by atoms with Crippen LogP contribution in [0.1, 0.15) is 31.4 Å². The van der Waals surface area contributed by atoms with E-state index in [1.54, 1.807) is 11.8 Å². The Bertz CT molecular complexity index is 365. The van der Waals surface area contributed by atoms with E-state index in [1.807, 2.05) is 13.0 Å². The van der Waals surface area contributed by atoms with Gasteiger partial charge in [-0.1, -0.05) is 26.3 Å². The summed E-state index contributed by atoms with van der Waals surface area (Å²) in [6.45, 7) is 6.46. The average molecular weight is 219 g/mol. The molecule has 1 atom stereocenters. The van der Waals surface area contributed by atoms with Gasteiger partial charge in [-0.2, -0.15) is 5.26 Å². The quantitative estimate of drug-likeness (QED) is 0.714. The predicted molar refractivity (Wildman–Crippen MR) is 66.1 cm³/mol. The standard InChI is InChI=1S/C13H17NS/c1-4-10(2)9-15-13-6-5-11(3)7-12(13)8-14/h5-7,10H,4,9H2,1-3H3. The molecule has 0 heterocycles. The topological polar surface area (TPSA) is 23.8 Å². The highest BCUT2D eigenvalue weighted by Crippen LogP contribution is 2.25. The zero-order valence-corrected chi connectivity index (χ0v) is 10.4. The number of nitriles is 1. The van der Waals surface area contributed by atoms with E-state index in [-0.39, 0.29) is 0 Å². The molecule has 0 bridgehead atoms. The molecular weight excluding hydrogens is 202 g/mol. The van der Waals surface area contributed by atoms with Gasteiger partial charge < -0.3 is 0 Å². The second-order valence-corrected chi connectivity index (χ2v) is 5.00. The van der Waals surface area contributed by atoms with Crippen LogP contribution in [0.3, 0.4) is 0 Å². The van der Waals surface area contributed by atoms with Gasteiger partial charge in [0.1, 0.15) is 6.07 Å². The fourth-order valence-corrected chi connectivity index (χ4v) is 2.33. The summed E-state index contributed by atoms with van der Waals surface area (Å²) in [5, 5.41) is 9.00. The molecule has 15 heavy (non-hydrogen) atoms. The lowest BCUT2D eigenvalue weighted by Crippen LogP contribution is -1.96. The van der Waals surface area contributed by atoms with Crippen LogP contribution in [0.5, 0.6) is 0 Å². The van der Waals surface area contributed by atoms with Gasteiger partial charge in [0.2, 0.25) is 0 Å². The maximum absolute atomic E-state index is 9.00. The molecule has 0 saturated heterocycles. The summed E-state index contributed by atoms with van der Waals surface area (Å²) in [4.78, 5) is 1.11. The van der Waals surface area contributed by atoms with Crippen LogP contribution < -0.4 is 0 Å². The van der Waals surface area contributed by atoms with E-state index < -0.39 is 0 Å². The van der Waals surface area contributed by atoms with Gasteiger partial charge in [0, 0.05) is 10.6 Å². The van der Waals surface area contributed by atoms with Crippen molar-refractivity contribution in [3.05, 3.63) is 29.3 Å². The Morgan fingerprint density at radius 2 is 2.20 bits per heavy atom. The molecule has 0 aliphatic rings. The minimum absolute atomic E-state index is 0.711. The van der Waals surface area contributed by atoms with E-state index in [9.17, 15) is 0 Å². The molecule has 1 rings (SSSR count). The summed E-state index contributed by atoms with van der Waals surface area (Å²) >= 11 is 1.79. The molecule has 0 spiro atoms. The maximum Gasteiger partial charge on any atom is 0.100 e. The lowest BCUT2D eigenvalue weighted by Gasteiger charge is -2.09. The van der Waals surface area contributed by atoms with Crippen molar-refractivity contribution in [2.45, 2.75) is 32.1 Å². The summed E-state index contributed by atoms with van der Waals surface area (Å²) in [5.41, 5.74) is 1.96. The maximum atomic E-state index is 9.00. The Hall–Kier alpha value is -0.940. The van der Waals surface area contributed by atoms with E-state index >= 15 is 0 Å². The van der Waals surface area contributed by atoms with Crippen LogP contribution in [0.25, 0.3) is 0 Å². The smallest absolute Gasteiger partial charge is 0.100 e. The largest absolute Gasteiger partial charge is 0.192 e. The van der Waals surface area contributed by atoms with E-state index in [1.165, 1.54) is 6.42 Å². The van der Waals surface area contributed by atoms with Gasteiger partial charge >= 0.3 is 0 Å². The minimum Gasteiger partial charge on any atom is -0.192 e. The predicted octanol–water partition coefficient (Wildman–Crippen LogP) is 4.00. The Balaban J connectivity index is 2.73. The second-order valence-electron chi connectivity index (χ2n) is 3.94. The molecule has 1 unspecified atom stereocenters. The first-order valence-electron chi connectivity index (χ1n) is 5.31. The molecule has 1 nitrogen and oxygen atoms in total.